The first kappa shape index (κ1) is 25.0. The number of benzene rings is 10. The zero-order chi connectivity index (χ0) is 105. The van der Waals surface area contributed by atoms with Crippen molar-refractivity contribution in [2.45, 2.75) is 55.4 Å². The second-order valence-electron chi connectivity index (χ2n) is 18.4. The predicted molar refractivity (Wildman–Crippen MR) is 351 cm³/mol. The number of hydrogen-bond acceptors (Lipinski definition) is 8. The van der Waals surface area contributed by atoms with Crippen molar-refractivity contribution in [3.05, 3.63) is 380 Å². The zero-order valence-electron chi connectivity index (χ0n) is 96.0. The average molecular weight is 1220 g/mol. The number of fused-ring (bicyclic) bond motifs is 1. The molecule has 14 rings (SSSR count). The molecule has 10 nitrogen and oxygen atoms in total. The van der Waals surface area contributed by atoms with Crippen molar-refractivity contribution in [2.75, 3.05) is 19.8 Å². The molecule has 89 heavy (non-hydrogen) atoms. The monoisotopic (exact) mass is 1220 g/mol. The molecule has 0 radical (unpaired) electrons. The lowest BCUT2D eigenvalue weighted by Gasteiger charge is -2.40. The maximum absolute atomic E-state index is 13.3. The number of carbonyl (C=O) groups excluding carboxylic acids is 3. The third kappa shape index (κ3) is 15.6. The van der Waals surface area contributed by atoms with Gasteiger partial charge in [0.05, 0.1) is 106 Å². The van der Waals surface area contributed by atoms with E-state index in [1.54, 1.807) is 13.8 Å². The number of rotatable bonds is 14. The maximum Gasteiger partial charge on any atom is 0.276 e. The van der Waals surface area contributed by atoms with Crippen LogP contribution >= 0.6 is 0 Å². The molecule has 3 aliphatic rings. The second kappa shape index (κ2) is 30.3. The van der Waals surface area contributed by atoms with Crippen LogP contribution in [-0.2, 0) is 19.9 Å². The van der Waals surface area contributed by atoms with Crippen LogP contribution in [0.4, 0.5) is 0 Å². The first-order valence-corrected chi connectivity index (χ1v) is 25.9. The van der Waals surface area contributed by atoms with E-state index >= 15 is 0 Å². The summed E-state index contributed by atoms with van der Waals surface area (Å²) in [4.78, 5) is 51.1. The van der Waals surface area contributed by atoms with Gasteiger partial charge in [0.2, 0.25) is 5.43 Å². The Morgan fingerprint density at radius 2 is 0.854 bits per heavy atom. The number of ether oxygens (including phenoxy) is 2. The zero-order valence-corrected chi connectivity index (χ0v) is 46.0. The molecule has 0 spiro atoms. The largest absolute Gasteiger partial charge is 0.502 e. The Bertz CT molecular complexity index is 6500. The minimum Gasteiger partial charge on any atom is -0.502 e. The molecule has 10 aromatic carbocycles. The summed E-state index contributed by atoms with van der Waals surface area (Å²) in [6.45, 7) is 3.11. The molecular weight excluding hydrogens is 1100 g/mol. The lowest BCUT2D eigenvalue weighted by atomic mass is 9.83. The SMILES string of the molecule is [2H]c1c([2H])c([2H])c(C(=O)c2c([2H])c([2H])c([2H])c([2H])c2[2H])c([2H])c1[2H].[2H]c1c([2H])c([2H])c(C(C=O)c2c([2H])c([2H])c([2H])c([2H])c2[2H])c([2H])c1[2H].[2H]c1c([2H])c([2H])c(C(c2c([2H])c([2H])c([2H])c([2H])c2[2H])C2CO2)c([2H])c1[2H].[2H]c1c([2H])c([2H])c(C(c2c([2H])c([2H])c([2H])c([2H])c2[2H])[C@H]2CN(C(C)C)C(=O)c3c(O)c(=O)cnn32)c([2H])c1[2H].[2H]c1c([2H])c([2H])c(C2(c3c([2H])c([2H])c([2H])c([2H])c3[2H])CO2)c([2H])c1[2H]. The average Bonchev–Trinajstić information content (AvgIpc) is 1.43. The van der Waals surface area contributed by atoms with E-state index in [0.29, 0.717) is 0 Å². The van der Waals surface area contributed by atoms with Crippen molar-refractivity contribution in [3.63, 3.8) is 0 Å². The number of carbonyl (C=O) groups is 3. The van der Waals surface area contributed by atoms with Gasteiger partial charge in [0.25, 0.3) is 5.91 Å². The minimum absolute atomic E-state index is 0.128. The lowest BCUT2D eigenvalue weighted by Crippen LogP contribution is -2.49. The topological polar surface area (TPSA) is 135 Å². The first-order chi connectivity index (χ1) is 64.3. The molecule has 2 atom stereocenters. The van der Waals surface area contributed by atoms with E-state index in [1.807, 2.05) is 0 Å². The fourth-order valence-electron chi connectivity index (χ4n) is 8.41. The van der Waals surface area contributed by atoms with Gasteiger partial charge in [0, 0.05) is 35.5 Å². The molecule has 1 unspecified atom stereocenters. The molecule has 11 aromatic rings. The highest BCUT2D eigenvalue weighted by Crippen LogP contribution is 2.45. The van der Waals surface area contributed by atoms with E-state index in [4.69, 9.17) is 78.0 Å². The van der Waals surface area contributed by atoms with Gasteiger partial charge >= 0.3 is 0 Å². The van der Waals surface area contributed by atoms with Gasteiger partial charge < -0.3 is 24.3 Å². The molecule has 0 bridgehead atoms. The van der Waals surface area contributed by atoms with Crippen molar-refractivity contribution in [1.82, 2.24) is 14.7 Å². The van der Waals surface area contributed by atoms with Crippen LogP contribution in [0.15, 0.2) is 313 Å². The molecule has 0 saturated carbocycles. The van der Waals surface area contributed by atoms with E-state index in [1.165, 1.54) is 4.90 Å². The third-order valence-electron chi connectivity index (χ3n) is 12.7. The van der Waals surface area contributed by atoms with Crippen LogP contribution in [0.2, 0.25) is 0 Å². The second-order valence-corrected chi connectivity index (χ2v) is 18.4. The van der Waals surface area contributed by atoms with Gasteiger partial charge in [-0.15, -0.1) is 0 Å². The van der Waals surface area contributed by atoms with E-state index in [0.717, 1.165) is 10.9 Å². The van der Waals surface area contributed by atoms with Crippen molar-refractivity contribution in [3.8, 4) is 5.75 Å². The molecule has 0 aliphatic carbocycles. The van der Waals surface area contributed by atoms with Crippen molar-refractivity contribution >= 4 is 18.0 Å². The molecule has 2 saturated heterocycles. The normalized spacial score (nSPS) is 22.7. The minimum atomic E-state index is -1.65. The summed E-state index contributed by atoms with van der Waals surface area (Å²) >= 11 is 0. The van der Waals surface area contributed by atoms with Gasteiger partial charge in [-0.25, -0.2) is 0 Å². The van der Waals surface area contributed by atoms with Crippen LogP contribution in [0.5, 0.6) is 5.75 Å². The molecular formula is C79H71N3O7. The molecule has 10 heteroatoms. The molecule has 4 heterocycles. The smallest absolute Gasteiger partial charge is 0.276 e. The highest BCUT2D eigenvalue weighted by molar-refractivity contribution is 6.08. The summed E-state index contributed by atoms with van der Waals surface area (Å²) in [5, 5.41) is 14.6. The van der Waals surface area contributed by atoms with E-state index < -0.39 is 406 Å². The van der Waals surface area contributed by atoms with E-state index in [9.17, 15) is 24.3 Å². The summed E-state index contributed by atoms with van der Waals surface area (Å²) in [6.07, 6.45) is 0.328. The van der Waals surface area contributed by atoms with Crippen molar-refractivity contribution < 1.29 is 97.5 Å². The van der Waals surface area contributed by atoms with E-state index in [-0.39, 0.29) is 48.3 Å². The summed E-state index contributed by atoms with van der Waals surface area (Å²) < 4.78 is 407. The van der Waals surface area contributed by atoms with Crippen LogP contribution in [-0.4, -0.2) is 69.7 Å². The summed E-state index contributed by atoms with van der Waals surface area (Å²) in [5.41, 5.74) is -6.97. The third-order valence-corrected chi connectivity index (χ3v) is 12.7. The lowest BCUT2D eigenvalue weighted by molar-refractivity contribution is -0.108. The van der Waals surface area contributed by atoms with Gasteiger partial charge in [-0.1, -0.05) is 302 Å². The number of amides is 1. The standard InChI is InChI=1S/C23H23N3O3.C15H14O.2C14H12O.C13H10O/c1-15(2)25-14-18(26-21(23(25)29)22(28)19(27)13-24-26)20(16-9-5-3-6-10-16)17-11-7-4-8-12-17;1-3-7-12(8-4-1)15(14-11-16-14)13-9-5-2-6-10-13;1-3-7-12(8-4-1)14(11-15-14)13-9-5-2-6-10-13;15-11-14(12-7-3-1-4-8-12)13-9-5-2-6-10-13;14-13(11-7-3-1-4-8-11)12-9-5-2-6-10-12/h3-13,15,18,20,28H,14H2,1-2H3;1-10,14-15H,11H2;1-10H,11H2;1-11,14H;1-10H/t18-;;;;/m1..../s1/i3D,4D,5D,6D,7D,8D,9D,10D,11D,12D;4*1D,2D,3D,4D,5D,6D,7D,8D,9D,10D. The van der Waals surface area contributed by atoms with Gasteiger partial charge in [-0.05, 0) is 58.4 Å². The van der Waals surface area contributed by atoms with Gasteiger partial charge in [-0.2, -0.15) is 5.10 Å². The summed E-state index contributed by atoms with van der Waals surface area (Å²) in [7, 11) is 0. The summed E-state index contributed by atoms with van der Waals surface area (Å²) in [5.74, 6) is -7.12. The number of aromatic nitrogens is 2. The molecule has 1 aromatic heterocycles. The van der Waals surface area contributed by atoms with Crippen molar-refractivity contribution in [1.29, 1.82) is 0 Å². The Kier molecular flexibility index (Phi) is 8.51. The first-order valence-electron chi connectivity index (χ1n) is 50.9. The number of aldehydes is 1. The summed E-state index contributed by atoms with van der Waals surface area (Å²) in [6, 6.07) is -33.6. The fourth-order valence-corrected chi connectivity index (χ4v) is 8.41. The van der Waals surface area contributed by atoms with Gasteiger partial charge in [0.1, 0.15) is 11.9 Å². The van der Waals surface area contributed by atoms with Gasteiger partial charge in [-0.3, -0.25) is 19.1 Å². The Morgan fingerprint density at radius 3 is 1.18 bits per heavy atom. The predicted octanol–water partition coefficient (Wildman–Crippen LogP) is 15.3. The number of hydrogen-bond donors (Lipinski definition) is 1. The molecule has 3 aliphatic heterocycles. The number of epoxide rings is 2. The highest BCUT2D eigenvalue weighted by Gasteiger charge is 2.48. The van der Waals surface area contributed by atoms with E-state index in [2.05, 4.69) is 5.10 Å². The van der Waals surface area contributed by atoms with Crippen LogP contribution in [0, 0.1) is 0 Å². The van der Waals surface area contributed by atoms with Gasteiger partial charge in [0.15, 0.2) is 17.2 Å². The number of nitrogens with zero attached hydrogens (tertiary/aromatic N) is 3. The quantitative estimate of drug-likeness (QED) is 0.0646. The highest BCUT2D eigenvalue weighted by atomic mass is 16.6. The molecule has 1 amide bonds. The molecule has 2 fully saturated rings. The van der Waals surface area contributed by atoms with Crippen LogP contribution in [0.25, 0.3) is 0 Å². The Morgan fingerprint density at radius 1 is 0.528 bits per heavy atom. The fraction of sp³-hybridized carbons (Fsp3) is 0.152. The van der Waals surface area contributed by atoms with Crippen LogP contribution in [0.3, 0.4) is 0 Å². The molecule has 1 N–H and O–H groups in total. The number of aromatic hydroxyl groups is 1. The molecule has 444 valence electrons. The Hall–Kier alpha value is -10.4. The Labute approximate surface area is 591 Å². The number of ketones is 1. The Balaban J connectivity index is 0.000000182. The van der Waals surface area contributed by atoms with Crippen LogP contribution < -0.4 is 5.43 Å². The van der Waals surface area contributed by atoms with Crippen LogP contribution in [0.1, 0.15) is 177 Å². The van der Waals surface area contributed by atoms with Crippen molar-refractivity contribution in [2.24, 2.45) is 0 Å². The maximum atomic E-state index is 13.3.